The molecule has 0 atom stereocenters. The van der Waals surface area contributed by atoms with Crippen molar-refractivity contribution in [2.45, 2.75) is 108 Å². The molecule has 0 unspecified atom stereocenters. The van der Waals surface area contributed by atoms with Crippen LogP contribution < -0.4 is 0 Å². The molecule has 0 heterocycles. The second-order valence-electron chi connectivity index (χ2n) is 6.44. The van der Waals surface area contributed by atoms with Crippen molar-refractivity contribution in [3.8, 4) is 0 Å². The summed E-state index contributed by atoms with van der Waals surface area (Å²) < 4.78 is 0. The molecule has 0 fully saturated rings. The van der Waals surface area contributed by atoms with Crippen LogP contribution in [-0.2, 0) is 0 Å². The summed E-state index contributed by atoms with van der Waals surface area (Å²) in [4.78, 5) is 2.70. The molecule has 0 saturated carbocycles. The molecule has 0 aliphatic heterocycles. The Bertz CT molecular complexity index is 208. The van der Waals surface area contributed by atoms with Crippen molar-refractivity contribution < 1.29 is 0 Å². The number of rotatable bonds is 14. The minimum absolute atomic E-state index is 1.34. The molecule has 0 aromatic carbocycles. The molecule has 0 radical (unpaired) electrons. The van der Waals surface area contributed by atoms with Gasteiger partial charge in [0.05, 0.1) is 0 Å². The average molecular weight is 341 g/mol. The van der Waals surface area contributed by atoms with E-state index in [1.54, 1.807) is 0 Å². The summed E-state index contributed by atoms with van der Waals surface area (Å²) in [5.41, 5.74) is 0. The van der Waals surface area contributed by atoms with Crippen LogP contribution in [0.3, 0.4) is 0 Å². The zero-order valence-corrected chi connectivity index (χ0v) is 16.9. The number of allylic oxidation sites excluding steroid dienone is 1. The summed E-state index contributed by atoms with van der Waals surface area (Å²) in [7, 11) is 0. The van der Waals surface area contributed by atoms with Crippen molar-refractivity contribution >= 4 is 13.3 Å². The Morgan fingerprint density at radius 2 is 1.05 bits per heavy atom. The summed E-state index contributed by atoms with van der Waals surface area (Å²) >= 11 is -1.51. The van der Waals surface area contributed by atoms with Gasteiger partial charge in [-0.05, 0) is 0 Å². The summed E-state index contributed by atoms with van der Waals surface area (Å²) in [5, 5.41) is 4.42. The maximum absolute atomic E-state index is 2.70. The molecule has 0 amide bonds. The fourth-order valence-electron chi connectivity index (χ4n) is 3.01. The van der Waals surface area contributed by atoms with E-state index in [0.717, 1.165) is 0 Å². The van der Waals surface area contributed by atoms with Gasteiger partial charge in [0.25, 0.3) is 0 Å². The van der Waals surface area contributed by atoms with E-state index in [1.165, 1.54) is 80.0 Å². The van der Waals surface area contributed by atoms with Crippen LogP contribution in [0.5, 0.6) is 0 Å². The van der Waals surface area contributed by atoms with Gasteiger partial charge in [-0.15, -0.1) is 0 Å². The second-order valence-corrected chi connectivity index (χ2v) is 17.3. The van der Waals surface area contributed by atoms with E-state index >= 15 is 0 Å². The maximum atomic E-state index is 2.70. The van der Waals surface area contributed by atoms with Gasteiger partial charge in [-0.2, -0.15) is 0 Å². The van der Waals surface area contributed by atoms with Gasteiger partial charge < -0.3 is 0 Å². The van der Waals surface area contributed by atoms with Gasteiger partial charge in [0.2, 0.25) is 0 Å². The first-order valence-corrected chi connectivity index (χ1v) is 15.1. The molecule has 0 spiro atoms. The van der Waals surface area contributed by atoms with E-state index in [9.17, 15) is 0 Å². The van der Waals surface area contributed by atoms with Crippen molar-refractivity contribution in [1.82, 2.24) is 0 Å². The first-order valence-electron chi connectivity index (χ1n) is 9.42. The standard InChI is InChI=1S/C19H40Ge/c1-5-9-10-11-12-13-14-15-16-17-18-19-20(6-2,7-3)8-4/h18-19H,5-17H2,1-4H3/b19-18-. The Labute approximate surface area is 132 Å². The van der Waals surface area contributed by atoms with Crippen LogP contribution in [-0.4, -0.2) is 13.3 Å². The van der Waals surface area contributed by atoms with Gasteiger partial charge in [-0.25, -0.2) is 0 Å². The van der Waals surface area contributed by atoms with Gasteiger partial charge in [-0.3, -0.25) is 0 Å². The first kappa shape index (κ1) is 20.3. The average Bonchev–Trinajstić information content (AvgIpc) is 2.49. The third-order valence-electron chi connectivity index (χ3n) is 5.06. The molecule has 0 rings (SSSR count). The molecule has 0 aliphatic rings. The van der Waals surface area contributed by atoms with E-state index in [2.05, 4.69) is 38.7 Å². The van der Waals surface area contributed by atoms with E-state index in [-0.39, 0.29) is 0 Å². The summed E-state index contributed by atoms with van der Waals surface area (Å²) in [6.07, 6.45) is 16.9. The van der Waals surface area contributed by atoms with Gasteiger partial charge in [-0.1, -0.05) is 6.92 Å². The van der Waals surface area contributed by atoms with Crippen LogP contribution in [0.25, 0.3) is 0 Å². The Morgan fingerprint density at radius 3 is 1.50 bits per heavy atom. The van der Waals surface area contributed by atoms with Crippen molar-refractivity contribution in [3.63, 3.8) is 0 Å². The van der Waals surface area contributed by atoms with Gasteiger partial charge in [0, 0.05) is 0 Å². The fourth-order valence-corrected chi connectivity index (χ4v) is 9.04. The van der Waals surface area contributed by atoms with Gasteiger partial charge in [0.1, 0.15) is 0 Å². The molecule has 0 aliphatic carbocycles. The molecular formula is C19H40Ge. The zero-order chi connectivity index (χ0) is 15.1. The van der Waals surface area contributed by atoms with Crippen molar-refractivity contribution in [2.75, 3.05) is 0 Å². The number of hydrogen-bond acceptors (Lipinski definition) is 0. The normalized spacial score (nSPS) is 12.4. The molecule has 0 N–H and O–H groups in total. The van der Waals surface area contributed by atoms with Crippen LogP contribution in [0.15, 0.2) is 11.0 Å². The number of hydrogen-bond donors (Lipinski definition) is 0. The number of unbranched alkanes of at least 4 members (excludes halogenated alkanes) is 9. The predicted molar refractivity (Wildman–Crippen MR) is 98.2 cm³/mol. The van der Waals surface area contributed by atoms with Crippen molar-refractivity contribution in [1.29, 1.82) is 0 Å². The Morgan fingerprint density at radius 1 is 0.600 bits per heavy atom. The predicted octanol–water partition coefficient (Wildman–Crippen LogP) is 7.51. The molecule has 0 nitrogen and oxygen atoms in total. The molecule has 0 aromatic rings. The first-order chi connectivity index (χ1) is 9.74. The molecular weight excluding hydrogens is 301 g/mol. The van der Waals surface area contributed by atoms with E-state index in [4.69, 9.17) is 0 Å². The molecule has 0 saturated heterocycles. The minimum atomic E-state index is -1.51. The van der Waals surface area contributed by atoms with Gasteiger partial charge >= 0.3 is 125 Å². The topological polar surface area (TPSA) is 0 Å². The SMILES string of the molecule is CCCCCCCCCCC/C=[CH]\[Ge]([CH2]C)([CH2]C)[CH2]C. The van der Waals surface area contributed by atoms with Crippen molar-refractivity contribution in [3.05, 3.63) is 11.0 Å². The van der Waals surface area contributed by atoms with Crippen molar-refractivity contribution in [2.24, 2.45) is 0 Å². The molecule has 1 heteroatoms. The van der Waals surface area contributed by atoms with E-state index < -0.39 is 13.3 Å². The quantitative estimate of drug-likeness (QED) is 0.226. The third-order valence-corrected chi connectivity index (χ3v) is 15.9. The Kier molecular flexibility index (Phi) is 14.4. The van der Waals surface area contributed by atoms with Crippen LogP contribution in [0.4, 0.5) is 0 Å². The second kappa shape index (κ2) is 14.2. The fraction of sp³-hybridized carbons (Fsp3) is 0.895. The van der Waals surface area contributed by atoms with Crippen LogP contribution in [0.1, 0.15) is 91.9 Å². The van der Waals surface area contributed by atoms with Crippen LogP contribution in [0, 0.1) is 0 Å². The monoisotopic (exact) mass is 342 g/mol. The Hall–Kier alpha value is 0.283. The molecule has 0 aromatic heterocycles. The van der Waals surface area contributed by atoms with E-state index in [1.807, 2.05) is 0 Å². The summed E-state index contributed by atoms with van der Waals surface area (Å²) in [6, 6.07) is 0. The summed E-state index contributed by atoms with van der Waals surface area (Å²) in [5.74, 6) is 0. The van der Waals surface area contributed by atoms with E-state index in [0.29, 0.717) is 0 Å². The van der Waals surface area contributed by atoms with Crippen LogP contribution >= 0.6 is 0 Å². The molecule has 20 heavy (non-hydrogen) atoms. The van der Waals surface area contributed by atoms with Crippen LogP contribution in [0.2, 0.25) is 15.8 Å². The Balaban J connectivity index is 3.47. The zero-order valence-electron chi connectivity index (χ0n) is 14.8. The third kappa shape index (κ3) is 10.1. The molecule has 0 bridgehead atoms. The van der Waals surface area contributed by atoms with Gasteiger partial charge in [0.15, 0.2) is 0 Å². The summed E-state index contributed by atoms with van der Waals surface area (Å²) in [6.45, 7) is 9.53. The molecule has 120 valence electrons.